The Hall–Kier alpha value is -0.860. The van der Waals surface area contributed by atoms with E-state index in [0.29, 0.717) is 24.2 Å². The van der Waals surface area contributed by atoms with Crippen LogP contribution in [0.3, 0.4) is 0 Å². The third-order valence-corrected chi connectivity index (χ3v) is 4.25. The molecule has 0 aromatic carbocycles. The van der Waals surface area contributed by atoms with Gasteiger partial charge in [-0.05, 0) is 30.6 Å². The van der Waals surface area contributed by atoms with Gasteiger partial charge in [-0.3, -0.25) is 14.9 Å². The first-order valence-corrected chi connectivity index (χ1v) is 6.43. The molecule has 1 aliphatic heterocycles. The van der Waals surface area contributed by atoms with E-state index in [2.05, 4.69) is 19.2 Å². The van der Waals surface area contributed by atoms with Gasteiger partial charge in [-0.15, -0.1) is 0 Å². The highest BCUT2D eigenvalue weighted by Gasteiger charge is 2.41. The molecule has 0 bridgehead atoms. The second-order valence-electron chi connectivity index (χ2n) is 5.58. The van der Waals surface area contributed by atoms with Gasteiger partial charge in [0.05, 0.1) is 5.92 Å². The lowest BCUT2D eigenvalue weighted by molar-refractivity contribution is -0.127. The standard InChI is InChI=1S/C13H21NO2/c1-8(2)9-5-3-4-6-10(9)11-7-12(15)14-13(11)16/h8-11H,3-7H2,1-2H3,(H,14,15,16). The predicted octanol–water partition coefficient (Wildman–Crippen LogP) is 2.11. The summed E-state index contributed by atoms with van der Waals surface area (Å²) in [6.45, 7) is 4.47. The van der Waals surface area contributed by atoms with Crippen molar-refractivity contribution in [3.8, 4) is 0 Å². The number of nitrogens with one attached hydrogen (secondary N) is 1. The fourth-order valence-corrected chi connectivity index (χ4v) is 3.43. The van der Waals surface area contributed by atoms with Crippen molar-refractivity contribution in [2.45, 2.75) is 46.0 Å². The lowest BCUT2D eigenvalue weighted by Crippen LogP contribution is -2.34. The summed E-state index contributed by atoms with van der Waals surface area (Å²) in [4.78, 5) is 23.0. The van der Waals surface area contributed by atoms with E-state index in [-0.39, 0.29) is 17.7 Å². The Kier molecular flexibility index (Phi) is 3.31. The van der Waals surface area contributed by atoms with Gasteiger partial charge in [-0.1, -0.05) is 26.7 Å². The van der Waals surface area contributed by atoms with Crippen LogP contribution < -0.4 is 5.32 Å². The molecule has 0 spiro atoms. The third-order valence-electron chi connectivity index (χ3n) is 4.25. The minimum Gasteiger partial charge on any atom is -0.296 e. The summed E-state index contributed by atoms with van der Waals surface area (Å²) < 4.78 is 0. The zero-order valence-corrected chi connectivity index (χ0v) is 10.2. The van der Waals surface area contributed by atoms with Crippen molar-refractivity contribution in [1.29, 1.82) is 0 Å². The molecule has 3 atom stereocenters. The first-order chi connectivity index (χ1) is 7.59. The highest BCUT2D eigenvalue weighted by atomic mass is 16.2. The van der Waals surface area contributed by atoms with E-state index in [4.69, 9.17) is 0 Å². The van der Waals surface area contributed by atoms with E-state index in [1.54, 1.807) is 0 Å². The monoisotopic (exact) mass is 223 g/mol. The van der Waals surface area contributed by atoms with Crippen LogP contribution in [0.25, 0.3) is 0 Å². The smallest absolute Gasteiger partial charge is 0.230 e. The summed E-state index contributed by atoms with van der Waals surface area (Å²) >= 11 is 0. The topological polar surface area (TPSA) is 46.2 Å². The Morgan fingerprint density at radius 3 is 2.44 bits per heavy atom. The quantitative estimate of drug-likeness (QED) is 0.729. The zero-order valence-electron chi connectivity index (χ0n) is 10.2. The van der Waals surface area contributed by atoms with Crippen LogP contribution in [0.15, 0.2) is 0 Å². The van der Waals surface area contributed by atoms with Crippen molar-refractivity contribution < 1.29 is 9.59 Å². The molecule has 1 saturated heterocycles. The lowest BCUT2D eigenvalue weighted by atomic mass is 9.68. The van der Waals surface area contributed by atoms with Crippen molar-refractivity contribution in [3.05, 3.63) is 0 Å². The fourth-order valence-electron chi connectivity index (χ4n) is 3.43. The van der Waals surface area contributed by atoms with Gasteiger partial charge in [-0.25, -0.2) is 0 Å². The molecule has 2 rings (SSSR count). The second-order valence-corrected chi connectivity index (χ2v) is 5.58. The van der Waals surface area contributed by atoms with Gasteiger partial charge >= 0.3 is 0 Å². The first kappa shape index (κ1) is 11.6. The number of imide groups is 1. The Labute approximate surface area is 97.0 Å². The van der Waals surface area contributed by atoms with Gasteiger partial charge < -0.3 is 0 Å². The van der Waals surface area contributed by atoms with E-state index < -0.39 is 0 Å². The maximum atomic E-state index is 11.7. The van der Waals surface area contributed by atoms with Crippen LogP contribution in [-0.2, 0) is 9.59 Å². The van der Waals surface area contributed by atoms with E-state index in [1.807, 2.05) is 0 Å². The van der Waals surface area contributed by atoms with Crippen LogP contribution in [-0.4, -0.2) is 11.8 Å². The predicted molar refractivity (Wildman–Crippen MR) is 61.5 cm³/mol. The molecule has 1 N–H and O–H groups in total. The number of hydrogen-bond donors (Lipinski definition) is 1. The van der Waals surface area contributed by atoms with E-state index in [1.165, 1.54) is 19.3 Å². The number of amides is 2. The van der Waals surface area contributed by atoms with E-state index >= 15 is 0 Å². The molecule has 16 heavy (non-hydrogen) atoms. The van der Waals surface area contributed by atoms with Crippen molar-refractivity contribution in [1.82, 2.24) is 5.32 Å². The van der Waals surface area contributed by atoms with Crippen LogP contribution in [0.2, 0.25) is 0 Å². The Morgan fingerprint density at radius 1 is 1.19 bits per heavy atom. The summed E-state index contributed by atoms with van der Waals surface area (Å²) in [5, 5.41) is 2.45. The normalized spacial score (nSPS) is 35.6. The van der Waals surface area contributed by atoms with Crippen molar-refractivity contribution in [2.24, 2.45) is 23.7 Å². The first-order valence-electron chi connectivity index (χ1n) is 6.43. The van der Waals surface area contributed by atoms with Gasteiger partial charge in [0.1, 0.15) is 0 Å². The zero-order chi connectivity index (χ0) is 11.7. The van der Waals surface area contributed by atoms with Gasteiger partial charge in [0, 0.05) is 6.42 Å². The van der Waals surface area contributed by atoms with E-state index in [0.717, 1.165) is 6.42 Å². The number of carbonyl (C=O) groups is 2. The maximum Gasteiger partial charge on any atom is 0.230 e. The molecule has 90 valence electrons. The van der Waals surface area contributed by atoms with Crippen molar-refractivity contribution in [2.75, 3.05) is 0 Å². The molecule has 2 fully saturated rings. The highest BCUT2D eigenvalue weighted by Crippen LogP contribution is 2.41. The molecule has 1 aliphatic carbocycles. The molecule has 1 saturated carbocycles. The molecule has 3 nitrogen and oxygen atoms in total. The van der Waals surface area contributed by atoms with Crippen molar-refractivity contribution >= 4 is 11.8 Å². The highest BCUT2D eigenvalue weighted by molar-refractivity contribution is 6.03. The van der Waals surface area contributed by atoms with Crippen LogP contribution in [0.1, 0.15) is 46.0 Å². The fraction of sp³-hybridized carbons (Fsp3) is 0.846. The van der Waals surface area contributed by atoms with Crippen LogP contribution in [0, 0.1) is 23.7 Å². The molecule has 0 radical (unpaired) electrons. The largest absolute Gasteiger partial charge is 0.296 e. The lowest BCUT2D eigenvalue weighted by Gasteiger charge is -2.36. The molecule has 0 aromatic heterocycles. The van der Waals surface area contributed by atoms with E-state index in [9.17, 15) is 9.59 Å². The molecule has 1 heterocycles. The Morgan fingerprint density at radius 2 is 1.88 bits per heavy atom. The Balaban J connectivity index is 2.11. The molecule has 0 aromatic rings. The third kappa shape index (κ3) is 2.13. The Bertz CT molecular complexity index is 298. The summed E-state index contributed by atoms with van der Waals surface area (Å²) in [5.74, 6) is 1.52. The average Bonchev–Trinajstić information content (AvgIpc) is 2.57. The van der Waals surface area contributed by atoms with Crippen molar-refractivity contribution in [3.63, 3.8) is 0 Å². The molecular formula is C13H21NO2. The summed E-state index contributed by atoms with van der Waals surface area (Å²) in [6.07, 6.45) is 5.26. The molecule has 2 amide bonds. The van der Waals surface area contributed by atoms with Gasteiger partial charge in [0.2, 0.25) is 11.8 Å². The number of carbonyl (C=O) groups excluding carboxylic acids is 2. The molecule has 3 heteroatoms. The maximum absolute atomic E-state index is 11.7. The van der Waals surface area contributed by atoms with Gasteiger partial charge in [0.25, 0.3) is 0 Å². The number of hydrogen-bond acceptors (Lipinski definition) is 2. The van der Waals surface area contributed by atoms with Crippen LogP contribution in [0.5, 0.6) is 0 Å². The summed E-state index contributed by atoms with van der Waals surface area (Å²) in [5.41, 5.74) is 0. The summed E-state index contributed by atoms with van der Waals surface area (Å²) in [7, 11) is 0. The van der Waals surface area contributed by atoms with Crippen LogP contribution in [0.4, 0.5) is 0 Å². The van der Waals surface area contributed by atoms with Gasteiger partial charge in [0.15, 0.2) is 0 Å². The van der Waals surface area contributed by atoms with Crippen LogP contribution >= 0.6 is 0 Å². The summed E-state index contributed by atoms with van der Waals surface area (Å²) in [6, 6.07) is 0. The minimum atomic E-state index is -0.0805. The minimum absolute atomic E-state index is 0.0254. The molecule has 3 unspecified atom stereocenters. The van der Waals surface area contributed by atoms with Gasteiger partial charge in [-0.2, -0.15) is 0 Å². The number of rotatable bonds is 2. The second kappa shape index (κ2) is 4.56. The molecule has 2 aliphatic rings. The average molecular weight is 223 g/mol. The SMILES string of the molecule is CC(C)C1CCCCC1C1CC(=O)NC1=O. The molecular weight excluding hydrogens is 202 g/mol.